The lowest BCUT2D eigenvalue weighted by atomic mass is 10.2. The van der Waals surface area contributed by atoms with Crippen LogP contribution >= 0.6 is 35.3 Å². The number of rotatable bonds is 6. The fourth-order valence-electron chi connectivity index (χ4n) is 2.96. The molecule has 1 amide bonds. The van der Waals surface area contributed by atoms with Crippen LogP contribution in [0.3, 0.4) is 0 Å². The highest BCUT2D eigenvalue weighted by Gasteiger charge is 2.18. The Balaban J connectivity index is 1.46. The van der Waals surface area contributed by atoms with E-state index in [4.69, 9.17) is 4.52 Å². The molecule has 150 valence electrons. The predicted octanol–water partition coefficient (Wildman–Crippen LogP) is 5.79. The second-order valence-electron chi connectivity index (χ2n) is 6.52. The molecule has 0 saturated carbocycles. The molecule has 1 aliphatic heterocycles. The summed E-state index contributed by atoms with van der Waals surface area (Å²) in [4.78, 5) is 18.1. The zero-order valence-electron chi connectivity index (χ0n) is 16.0. The van der Waals surface area contributed by atoms with Gasteiger partial charge in [0.2, 0.25) is 5.89 Å². The van der Waals surface area contributed by atoms with Crippen molar-refractivity contribution in [3.8, 4) is 0 Å². The molecule has 0 spiro atoms. The Morgan fingerprint density at radius 3 is 2.83 bits per heavy atom. The fraction of sp³-hybridized carbons (Fsp3) is 0.286. The molecule has 2 heterocycles. The summed E-state index contributed by atoms with van der Waals surface area (Å²) < 4.78 is 5.46. The lowest BCUT2D eigenvalue weighted by molar-refractivity contribution is 0.102. The average Bonchev–Trinajstić information content (AvgIpc) is 3.18. The molecule has 1 aliphatic rings. The van der Waals surface area contributed by atoms with Gasteiger partial charge in [-0.25, -0.2) is 0 Å². The highest BCUT2D eigenvalue weighted by atomic mass is 32.2. The maximum Gasteiger partial charge on any atom is 0.256 e. The van der Waals surface area contributed by atoms with E-state index in [1.807, 2.05) is 59.9 Å². The molecular weight excluding hydrogens is 422 g/mol. The number of hydrogen-bond acceptors (Lipinski definition) is 7. The Morgan fingerprint density at radius 2 is 2.03 bits per heavy atom. The molecule has 8 heteroatoms. The van der Waals surface area contributed by atoms with Crippen LogP contribution < -0.4 is 5.32 Å². The van der Waals surface area contributed by atoms with Crippen LogP contribution in [-0.2, 0) is 5.75 Å². The van der Waals surface area contributed by atoms with Crippen molar-refractivity contribution in [1.29, 1.82) is 0 Å². The highest BCUT2D eigenvalue weighted by Crippen LogP contribution is 2.44. The van der Waals surface area contributed by atoms with Crippen LogP contribution in [0, 0.1) is 6.92 Å². The van der Waals surface area contributed by atoms with E-state index in [9.17, 15) is 4.79 Å². The van der Waals surface area contributed by atoms with E-state index in [-0.39, 0.29) is 5.91 Å². The van der Waals surface area contributed by atoms with Crippen molar-refractivity contribution in [3.63, 3.8) is 0 Å². The number of nitrogens with zero attached hydrogens (tertiary/aromatic N) is 2. The van der Waals surface area contributed by atoms with Gasteiger partial charge < -0.3 is 9.84 Å². The van der Waals surface area contributed by atoms with Crippen LogP contribution in [0.15, 0.2) is 57.9 Å². The SMILES string of the molecule is Cc1nc(CSc2ccccc2C(=O)Nc2cccc(C3SCCCS3)c2)no1. The number of aryl methyl sites for hydroxylation is 1. The number of amides is 1. The average molecular weight is 444 g/mol. The number of carbonyl (C=O) groups is 1. The number of aromatic nitrogens is 2. The van der Waals surface area contributed by atoms with Crippen molar-refractivity contribution in [2.45, 2.75) is 28.6 Å². The van der Waals surface area contributed by atoms with E-state index in [1.54, 1.807) is 6.92 Å². The predicted molar refractivity (Wildman–Crippen MR) is 122 cm³/mol. The summed E-state index contributed by atoms with van der Waals surface area (Å²) in [5, 5.41) is 6.98. The summed E-state index contributed by atoms with van der Waals surface area (Å²) in [6.07, 6.45) is 1.26. The smallest absolute Gasteiger partial charge is 0.256 e. The molecule has 0 atom stereocenters. The molecule has 29 heavy (non-hydrogen) atoms. The van der Waals surface area contributed by atoms with E-state index in [0.29, 0.717) is 27.6 Å². The van der Waals surface area contributed by atoms with Gasteiger partial charge >= 0.3 is 0 Å². The number of carbonyl (C=O) groups excluding carboxylic acids is 1. The zero-order chi connectivity index (χ0) is 20.1. The molecule has 1 N–H and O–H groups in total. The van der Waals surface area contributed by atoms with Crippen LogP contribution in [0.4, 0.5) is 5.69 Å². The molecular formula is C21H21N3O2S3. The van der Waals surface area contributed by atoms with Gasteiger partial charge in [-0.2, -0.15) is 4.98 Å². The third-order valence-electron chi connectivity index (χ3n) is 4.30. The van der Waals surface area contributed by atoms with Gasteiger partial charge in [-0.3, -0.25) is 4.79 Å². The third-order valence-corrected chi connectivity index (χ3v) is 8.39. The largest absolute Gasteiger partial charge is 0.340 e. The first kappa shape index (κ1) is 20.4. The lowest BCUT2D eigenvalue weighted by Crippen LogP contribution is -2.13. The van der Waals surface area contributed by atoms with Crippen LogP contribution in [0.25, 0.3) is 0 Å². The van der Waals surface area contributed by atoms with Gasteiger partial charge in [0, 0.05) is 17.5 Å². The highest BCUT2D eigenvalue weighted by molar-refractivity contribution is 8.16. The lowest BCUT2D eigenvalue weighted by Gasteiger charge is -2.21. The number of benzene rings is 2. The molecule has 0 radical (unpaired) electrons. The Kier molecular flexibility index (Phi) is 6.84. The van der Waals surface area contributed by atoms with Gasteiger partial charge in [-0.1, -0.05) is 29.4 Å². The number of hydrogen-bond donors (Lipinski definition) is 1. The summed E-state index contributed by atoms with van der Waals surface area (Å²) in [5.74, 6) is 3.99. The van der Waals surface area contributed by atoms with Gasteiger partial charge in [0.15, 0.2) is 5.82 Å². The Bertz CT molecular complexity index is 987. The van der Waals surface area contributed by atoms with Crippen LogP contribution in [0.5, 0.6) is 0 Å². The van der Waals surface area contributed by atoms with Crippen LogP contribution in [0.1, 0.15) is 38.6 Å². The van der Waals surface area contributed by atoms with E-state index >= 15 is 0 Å². The number of nitrogens with one attached hydrogen (secondary N) is 1. The minimum Gasteiger partial charge on any atom is -0.340 e. The second-order valence-corrected chi connectivity index (χ2v) is 10.3. The quantitative estimate of drug-likeness (QED) is 0.484. The summed E-state index contributed by atoms with van der Waals surface area (Å²) in [6, 6.07) is 15.8. The van der Waals surface area contributed by atoms with Gasteiger partial charge in [-0.05, 0) is 47.8 Å². The molecule has 0 unspecified atom stereocenters. The summed E-state index contributed by atoms with van der Waals surface area (Å²) in [5.41, 5.74) is 2.73. The molecule has 5 nitrogen and oxygen atoms in total. The third kappa shape index (κ3) is 5.38. The molecule has 0 bridgehead atoms. The Hall–Kier alpha value is -1.90. The molecule has 4 rings (SSSR count). The monoisotopic (exact) mass is 443 g/mol. The van der Waals surface area contributed by atoms with Crippen molar-refractivity contribution in [2.75, 3.05) is 16.8 Å². The van der Waals surface area contributed by atoms with E-state index in [1.165, 1.54) is 35.3 Å². The first-order valence-corrected chi connectivity index (χ1v) is 12.4. The Morgan fingerprint density at radius 1 is 1.21 bits per heavy atom. The first-order chi connectivity index (χ1) is 14.2. The van der Waals surface area contributed by atoms with Gasteiger partial charge in [-0.15, -0.1) is 35.3 Å². The first-order valence-electron chi connectivity index (χ1n) is 9.34. The minimum absolute atomic E-state index is 0.113. The van der Waals surface area contributed by atoms with E-state index in [2.05, 4.69) is 27.6 Å². The van der Waals surface area contributed by atoms with Crippen molar-refractivity contribution in [3.05, 3.63) is 71.4 Å². The standard InChI is InChI=1S/C21H21N3O2S3/c1-14-22-19(24-26-14)13-29-18-9-3-2-8-17(18)20(25)23-16-7-4-6-15(12-16)21-27-10-5-11-28-21/h2-4,6-9,12,21H,5,10-11,13H2,1H3,(H,23,25). The van der Waals surface area contributed by atoms with Crippen molar-refractivity contribution in [1.82, 2.24) is 10.1 Å². The molecule has 0 aliphatic carbocycles. The Labute approximate surface area is 182 Å². The van der Waals surface area contributed by atoms with Gasteiger partial charge in [0.1, 0.15) is 0 Å². The van der Waals surface area contributed by atoms with Crippen molar-refractivity contribution in [2.24, 2.45) is 0 Å². The van der Waals surface area contributed by atoms with Gasteiger partial charge in [0.25, 0.3) is 5.91 Å². The molecule has 1 saturated heterocycles. The fourth-order valence-corrected chi connectivity index (χ4v) is 6.73. The molecule has 2 aromatic carbocycles. The number of thioether (sulfide) groups is 3. The van der Waals surface area contributed by atoms with Crippen LogP contribution in [-0.4, -0.2) is 27.6 Å². The van der Waals surface area contributed by atoms with Gasteiger partial charge in [0.05, 0.1) is 15.9 Å². The van der Waals surface area contributed by atoms with Crippen molar-refractivity contribution < 1.29 is 9.32 Å². The normalized spacial score (nSPS) is 14.7. The maximum absolute atomic E-state index is 13.0. The second kappa shape index (κ2) is 9.73. The van der Waals surface area contributed by atoms with Crippen molar-refractivity contribution >= 4 is 46.9 Å². The summed E-state index contributed by atoms with van der Waals surface area (Å²) in [6.45, 7) is 1.76. The molecule has 1 fully saturated rings. The molecule has 1 aromatic heterocycles. The molecule has 3 aromatic rings. The van der Waals surface area contributed by atoms with Crippen LogP contribution in [0.2, 0.25) is 0 Å². The summed E-state index contributed by atoms with van der Waals surface area (Å²) in [7, 11) is 0. The van der Waals surface area contributed by atoms with E-state index in [0.717, 1.165) is 10.6 Å². The minimum atomic E-state index is -0.113. The topological polar surface area (TPSA) is 68.0 Å². The summed E-state index contributed by atoms with van der Waals surface area (Å²) >= 11 is 5.48. The maximum atomic E-state index is 13.0. The zero-order valence-corrected chi connectivity index (χ0v) is 18.4. The van der Waals surface area contributed by atoms with E-state index < -0.39 is 0 Å². The number of anilines is 1.